The van der Waals surface area contributed by atoms with Gasteiger partial charge in [0.25, 0.3) is 0 Å². The van der Waals surface area contributed by atoms with Crippen molar-refractivity contribution < 1.29 is 19.8 Å². The van der Waals surface area contributed by atoms with E-state index in [4.69, 9.17) is 16.7 Å². The predicted molar refractivity (Wildman–Crippen MR) is 91.7 cm³/mol. The van der Waals surface area contributed by atoms with Crippen molar-refractivity contribution in [3.8, 4) is 11.1 Å². The van der Waals surface area contributed by atoms with Crippen molar-refractivity contribution in [2.24, 2.45) is 0 Å². The lowest BCUT2D eigenvalue weighted by Gasteiger charge is -2.18. The maximum atomic E-state index is 10.8. The number of benzene rings is 2. The van der Waals surface area contributed by atoms with Crippen molar-refractivity contribution in [3.63, 3.8) is 0 Å². The average molecular weight is 348 g/mol. The summed E-state index contributed by atoms with van der Waals surface area (Å²) in [6.45, 7) is 0. The predicted octanol–water partition coefficient (Wildman–Crippen LogP) is 3.02. The third-order valence-electron chi connectivity index (χ3n) is 3.75. The zero-order chi connectivity index (χ0) is 17.5. The number of hydrogen-bond donors (Lipinski definition) is 3. The Morgan fingerprint density at radius 2 is 1.83 bits per heavy atom. The largest absolute Gasteiger partial charge is 0.479 e. The molecule has 0 spiro atoms. The molecule has 126 valence electrons. The molecule has 0 heterocycles. The fourth-order valence-corrected chi connectivity index (χ4v) is 2.64. The lowest BCUT2D eigenvalue weighted by molar-refractivity contribution is -0.147. The molecular formula is C18H18ClNO4. The summed E-state index contributed by atoms with van der Waals surface area (Å²) in [5.41, 5.74) is 2.80. The zero-order valence-corrected chi connectivity index (χ0v) is 13.6. The second-order valence-electron chi connectivity index (χ2n) is 5.40. The number of nitrogens with one attached hydrogen (secondary N) is 1. The average Bonchev–Trinajstić information content (AvgIpc) is 2.58. The SMILES string of the molecule is O=CNC(CCC(O)C(=O)O)c1ccc(-c2cccc(Cl)c2)cc1. The highest BCUT2D eigenvalue weighted by atomic mass is 35.5. The normalized spacial score (nSPS) is 13.1. The molecule has 0 aliphatic heterocycles. The molecular weight excluding hydrogens is 330 g/mol. The van der Waals surface area contributed by atoms with E-state index in [-0.39, 0.29) is 12.5 Å². The van der Waals surface area contributed by atoms with Gasteiger partial charge in [-0.1, -0.05) is 48.0 Å². The molecule has 0 bridgehead atoms. The Morgan fingerprint density at radius 3 is 2.42 bits per heavy atom. The van der Waals surface area contributed by atoms with E-state index >= 15 is 0 Å². The van der Waals surface area contributed by atoms with Crippen LogP contribution in [-0.4, -0.2) is 28.7 Å². The van der Waals surface area contributed by atoms with Crippen LogP contribution in [0.25, 0.3) is 11.1 Å². The number of aliphatic carboxylic acids is 1. The van der Waals surface area contributed by atoms with Crippen LogP contribution in [0.5, 0.6) is 0 Å². The van der Waals surface area contributed by atoms with Crippen LogP contribution >= 0.6 is 11.6 Å². The maximum Gasteiger partial charge on any atom is 0.332 e. The van der Waals surface area contributed by atoms with Crippen molar-refractivity contribution in [3.05, 3.63) is 59.1 Å². The summed E-state index contributed by atoms with van der Waals surface area (Å²) in [5.74, 6) is -1.27. The Hall–Kier alpha value is -2.37. The molecule has 0 fully saturated rings. The van der Waals surface area contributed by atoms with Crippen LogP contribution in [0.4, 0.5) is 0 Å². The highest BCUT2D eigenvalue weighted by molar-refractivity contribution is 6.30. The maximum absolute atomic E-state index is 10.8. The fourth-order valence-electron chi connectivity index (χ4n) is 2.45. The number of aliphatic hydroxyl groups is 1. The monoisotopic (exact) mass is 347 g/mol. The molecule has 2 aromatic rings. The van der Waals surface area contributed by atoms with E-state index in [0.717, 1.165) is 16.7 Å². The molecule has 2 atom stereocenters. The molecule has 1 amide bonds. The zero-order valence-electron chi connectivity index (χ0n) is 12.9. The van der Waals surface area contributed by atoms with Gasteiger partial charge in [0.1, 0.15) is 0 Å². The molecule has 0 saturated heterocycles. The number of rotatable bonds is 8. The molecule has 0 aromatic heterocycles. The number of hydrogen-bond acceptors (Lipinski definition) is 3. The van der Waals surface area contributed by atoms with Crippen LogP contribution < -0.4 is 5.32 Å². The molecule has 0 radical (unpaired) electrons. The smallest absolute Gasteiger partial charge is 0.332 e. The standard InChI is InChI=1S/C18H18ClNO4/c19-15-3-1-2-14(10-15)12-4-6-13(7-5-12)16(20-11-21)8-9-17(22)18(23)24/h1-7,10-11,16-17,22H,8-9H2,(H,20,21)(H,23,24). The van der Waals surface area contributed by atoms with Crippen LogP contribution in [0, 0.1) is 0 Å². The highest BCUT2D eigenvalue weighted by Gasteiger charge is 2.17. The topological polar surface area (TPSA) is 86.6 Å². The van der Waals surface area contributed by atoms with Crippen molar-refractivity contribution in [2.45, 2.75) is 25.0 Å². The molecule has 0 aliphatic rings. The number of carboxylic acids is 1. The van der Waals surface area contributed by atoms with E-state index < -0.39 is 12.1 Å². The van der Waals surface area contributed by atoms with Gasteiger partial charge in [-0.25, -0.2) is 4.79 Å². The van der Waals surface area contributed by atoms with Gasteiger partial charge in [0.15, 0.2) is 6.10 Å². The Kier molecular flexibility index (Phi) is 6.35. The Balaban J connectivity index is 2.13. The van der Waals surface area contributed by atoms with Gasteiger partial charge in [0.05, 0.1) is 6.04 Å². The number of carboxylic acid groups (broad SMARTS) is 1. The molecule has 0 saturated carbocycles. The summed E-state index contributed by atoms with van der Waals surface area (Å²) < 4.78 is 0. The third kappa shape index (κ3) is 4.81. The minimum atomic E-state index is -1.44. The molecule has 6 heteroatoms. The van der Waals surface area contributed by atoms with Crippen molar-refractivity contribution in [1.29, 1.82) is 0 Å². The Labute approximate surface area is 144 Å². The summed E-state index contributed by atoms with van der Waals surface area (Å²) >= 11 is 5.99. The van der Waals surface area contributed by atoms with Gasteiger partial charge in [0, 0.05) is 5.02 Å². The first-order valence-electron chi connectivity index (χ1n) is 7.47. The minimum Gasteiger partial charge on any atom is -0.479 e. The van der Waals surface area contributed by atoms with Crippen LogP contribution in [0.1, 0.15) is 24.4 Å². The number of carbonyl (C=O) groups excluding carboxylic acids is 1. The second-order valence-corrected chi connectivity index (χ2v) is 5.84. The van der Waals surface area contributed by atoms with Gasteiger partial charge in [-0.05, 0) is 41.7 Å². The van der Waals surface area contributed by atoms with E-state index in [1.807, 2.05) is 42.5 Å². The summed E-state index contributed by atoms with van der Waals surface area (Å²) in [4.78, 5) is 21.5. The highest BCUT2D eigenvalue weighted by Crippen LogP contribution is 2.26. The fraction of sp³-hybridized carbons (Fsp3) is 0.222. The van der Waals surface area contributed by atoms with Gasteiger partial charge in [0.2, 0.25) is 6.41 Å². The molecule has 2 unspecified atom stereocenters. The van der Waals surface area contributed by atoms with Crippen LogP contribution in [-0.2, 0) is 9.59 Å². The van der Waals surface area contributed by atoms with E-state index in [2.05, 4.69) is 5.32 Å². The van der Waals surface area contributed by atoms with E-state index in [1.54, 1.807) is 6.07 Å². The van der Waals surface area contributed by atoms with Gasteiger partial charge in [-0.15, -0.1) is 0 Å². The lowest BCUT2D eigenvalue weighted by atomic mass is 9.97. The first kappa shape index (κ1) is 18.0. The van der Waals surface area contributed by atoms with Crippen LogP contribution in [0.2, 0.25) is 5.02 Å². The Morgan fingerprint density at radius 1 is 1.12 bits per heavy atom. The minimum absolute atomic E-state index is 0.0525. The number of carbonyl (C=O) groups is 2. The quantitative estimate of drug-likeness (QED) is 0.641. The number of aliphatic hydroxyl groups excluding tert-OH is 1. The van der Waals surface area contributed by atoms with Crippen molar-refractivity contribution >= 4 is 24.0 Å². The second kappa shape index (κ2) is 8.47. The molecule has 0 aliphatic carbocycles. The first-order chi connectivity index (χ1) is 11.5. The summed E-state index contributed by atoms with van der Waals surface area (Å²) in [5, 5.41) is 21.4. The van der Waals surface area contributed by atoms with Crippen molar-refractivity contribution in [2.75, 3.05) is 0 Å². The van der Waals surface area contributed by atoms with E-state index in [9.17, 15) is 14.7 Å². The van der Waals surface area contributed by atoms with Crippen LogP contribution in [0.15, 0.2) is 48.5 Å². The molecule has 24 heavy (non-hydrogen) atoms. The molecule has 5 nitrogen and oxygen atoms in total. The molecule has 2 rings (SSSR count). The summed E-state index contributed by atoms with van der Waals surface area (Å²) in [6, 6.07) is 14.7. The third-order valence-corrected chi connectivity index (χ3v) is 3.99. The van der Waals surface area contributed by atoms with Gasteiger partial charge < -0.3 is 15.5 Å². The van der Waals surface area contributed by atoms with Crippen LogP contribution in [0.3, 0.4) is 0 Å². The van der Waals surface area contributed by atoms with Gasteiger partial charge in [-0.3, -0.25) is 4.79 Å². The van der Waals surface area contributed by atoms with Gasteiger partial charge in [-0.2, -0.15) is 0 Å². The van der Waals surface area contributed by atoms with Gasteiger partial charge >= 0.3 is 5.97 Å². The number of halogens is 1. The molecule has 2 aromatic carbocycles. The van der Waals surface area contributed by atoms with E-state index in [0.29, 0.717) is 17.9 Å². The van der Waals surface area contributed by atoms with E-state index in [1.165, 1.54) is 0 Å². The Bertz CT molecular complexity index is 702. The lowest BCUT2D eigenvalue weighted by Crippen LogP contribution is -2.24. The summed E-state index contributed by atoms with van der Waals surface area (Å²) in [6.07, 6.45) is -0.492. The molecule has 3 N–H and O–H groups in total. The van der Waals surface area contributed by atoms with Crippen molar-refractivity contribution in [1.82, 2.24) is 5.32 Å². The summed E-state index contributed by atoms with van der Waals surface area (Å²) in [7, 11) is 0. The first-order valence-corrected chi connectivity index (χ1v) is 7.85. The number of amides is 1.